The van der Waals surface area contributed by atoms with E-state index in [-0.39, 0.29) is 11.6 Å². The van der Waals surface area contributed by atoms with Gasteiger partial charge in [-0.15, -0.1) is 0 Å². The van der Waals surface area contributed by atoms with Crippen molar-refractivity contribution in [1.29, 1.82) is 0 Å². The van der Waals surface area contributed by atoms with Crippen LogP contribution in [0.1, 0.15) is 10.5 Å². The second-order valence-electron chi connectivity index (χ2n) is 7.20. The molecule has 9 nitrogen and oxygen atoms in total. The zero-order valence-corrected chi connectivity index (χ0v) is 18.7. The van der Waals surface area contributed by atoms with Gasteiger partial charge in [0.15, 0.2) is 0 Å². The van der Waals surface area contributed by atoms with Crippen LogP contribution in [0.3, 0.4) is 0 Å². The fourth-order valence-electron chi connectivity index (χ4n) is 3.32. The second kappa shape index (κ2) is 10.0. The Morgan fingerprint density at radius 1 is 1.06 bits per heavy atom. The van der Waals surface area contributed by atoms with E-state index < -0.39 is 0 Å². The summed E-state index contributed by atoms with van der Waals surface area (Å²) < 4.78 is 18.3. The highest BCUT2D eigenvalue weighted by Gasteiger charge is 2.12. The standard InChI is InChI=1S/C24H25N5O4/c1-29-21-9-8-16(33-17-10-11-25-20(15-17)23(30)26-12-13-31-2)14-19(21)28-24(29)27-18-6-4-5-7-22(18)32-3/h4-11,14-15H,12-13H2,1-3H3,(H,26,30)(H,27,28). The molecule has 9 heteroatoms. The molecule has 0 saturated carbocycles. The lowest BCUT2D eigenvalue weighted by molar-refractivity contribution is 0.0932. The number of nitrogens with zero attached hydrogens (tertiary/aromatic N) is 3. The number of para-hydroxylation sites is 2. The summed E-state index contributed by atoms with van der Waals surface area (Å²) in [7, 11) is 5.15. The predicted molar refractivity (Wildman–Crippen MR) is 126 cm³/mol. The minimum Gasteiger partial charge on any atom is -0.495 e. The first-order valence-electron chi connectivity index (χ1n) is 10.4. The molecule has 4 rings (SSSR count). The van der Waals surface area contributed by atoms with Crippen molar-refractivity contribution >= 4 is 28.6 Å². The second-order valence-corrected chi connectivity index (χ2v) is 7.20. The van der Waals surface area contributed by atoms with Gasteiger partial charge in [0.25, 0.3) is 5.91 Å². The number of benzene rings is 2. The van der Waals surface area contributed by atoms with Gasteiger partial charge >= 0.3 is 0 Å². The Morgan fingerprint density at radius 3 is 2.70 bits per heavy atom. The zero-order chi connectivity index (χ0) is 23.2. The van der Waals surface area contributed by atoms with E-state index in [4.69, 9.17) is 19.2 Å². The molecule has 0 atom stereocenters. The number of rotatable bonds is 9. The average Bonchev–Trinajstić information content (AvgIpc) is 3.14. The van der Waals surface area contributed by atoms with E-state index in [0.29, 0.717) is 30.6 Å². The number of amides is 1. The van der Waals surface area contributed by atoms with Gasteiger partial charge in [-0.25, -0.2) is 4.98 Å². The predicted octanol–water partition coefficient (Wildman–Crippen LogP) is 3.89. The van der Waals surface area contributed by atoms with Crippen molar-refractivity contribution in [3.05, 3.63) is 66.5 Å². The summed E-state index contributed by atoms with van der Waals surface area (Å²) in [4.78, 5) is 21.0. The molecular weight excluding hydrogens is 422 g/mol. The van der Waals surface area contributed by atoms with Crippen molar-refractivity contribution in [2.24, 2.45) is 7.05 Å². The monoisotopic (exact) mass is 447 g/mol. The summed E-state index contributed by atoms with van der Waals surface area (Å²) in [6.45, 7) is 0.837. The van der Waals surface area contributed by atoms with Crippen LogP contribution in [0.4, 0.5) is 11.6 Å². The Hall–Kier alpha value is -4.11. The highest BCUT2D eigenvalue weighted by molar-refractivity contribution is 5.92. The number of hydrogen-bond acceptors (Lipinski definition) is 7. The lowest BCUT2D eigenvalue weighted by Gasteiger charge is -2.10. The molecule has 2 aromatic heterocycles. The van der Waals surface area contributed by atoms with Gasteiger partial charge in [0, 0.05) is 39.0 Å². The number of ether oxygens (including phenoxy) is 3. The van der Waals surface area contributed by atoms with Crippen LogP contribution in [0.15, 0.2) is 60.8 Å². The molecule has 0 bridgehead atoms. The fourth-order valence-corrected chi connectivity index (χ4v) is 3.32. The maximum atomic E-state index is 12.2. The molecule has 33 heavy (non-hydrogen) atoms. The van der Waals surface area contributed by atoms with E-state index in [1.807, 2.05) is 54.1 Å². The summed E-state index contributed by atoms with van der Waals surface area (Å²) in [6, 6.07) is 16.6. The SMILES string of the molecule is COCCNC(=O)c1cc(Oc2ccc3c(c2)nc(Nc2ccccc2OC)n3C)ccn1. The van der Waals surface area contributed by atoms with Crippen molar-refractivity contribution in [3.8, 4) is 17.2 Å². The molecule has 0 unspecified atom stereocenters. The van der Waals surface area contributed by atoms with Crippen LogP contribution < -0.4 is 20.1 Å². The normalized spacial score (nSPS) is 10.8. The molecule has 0 saturated heterocycles. The third-order valence-electron chi connectivity index (χ3n) is 5.00. The third kappa shape index (κ3) is 5.04. The number of fused-ring (bicyclic) bond motifs is 1. The van der Waals surface area contributed by atoms with Gasteiger partial charge in [0.05, 0.1) is 30.4 Å². The summed E-state index contributed by atoms with van der Waals surface area (Å²) in [5, 5.41) is 6.06. The molecular formula is C24H25N5O4. The maximum Gasteiger partial charge on any atom is 0.270 e. The van der Waals surface area contributed by atoms with Crippen LogP contribution in [0.2, 0.25) is 0 Å². The maximum absolute atomic E-state index is 12.2. The molecule has 0 spiro atoms. The zero-order valence-electron chi connectivity index (χ0n) is 18.7. The molecule has 4 aromatic rings. The molecule has 2 N–H and O–H groups in total. The van der Waals surface area contributed by atoms with Gasteiger partial charge in [-0.1, -0.05) is 12.1 Å². The smallest absolute Gasteiger partial charge is 0.270 e. The number of aryl methyl sites for hydroxylation is 1. The van der Waals surface area contributed by atoms with Gasteiger partial charge in [0.2, 0.25) is 5.95 Å². The molecule has 170 valence electrons. The van der Waals surface area contributed by atoms with E-state index in [0.717, 1.165) is 22.5 Å². The highest BCUT2D eigenvalue weighted by atomic mass is 16.5. The summed E-state index contributed by atoms with van der Waals surface area (Å²) in [5.41, 5.74) is 2.79. The van der Waals surface area contributed by atoms with E-state index in [1.165, 1.54) is 6.20 Å². The average molecular weight is 447 g/mol. The fraction of sp³-hybridized carbons (Fsp3) is 0.208. The Labute approximate surface area is 191 Å². The first-order valence-corrected chi connectivity index (χ1v) is 10.4. The molecule has 2 aromatic carbocycles. The van der Waals surface area contributed by atoms with E-state index >= 15 is 0 Å². The third-order valence-corrected chi connectivity index (χ3v) is 5.00. The van der Waals surface area contributed by atoms with Gasteiger partial charge in [0.1, 0.15) is 22.9 Å². The number of imidazole rings is 1. The number of nitrogens with one attached hydrogen (secondary N) is 2. The number of methoxy groups -OCH3 is 2. The van der Waals surface area contributed by atoms with E-state index in [1.54, 1.807) is 26.4 Å². The number of carbonyl (C=O) groups is 1. The van der Waals surface area contributed by atoms with Crippen LogP contribution in [0, 0.1) is 0 Å². The summed E-state index contributed by atoms with van der Waals surface area (Å²) in [6.07, 6.45) is 1.54. The Bertz CT molecular complexity index is 1270. The molecule has 0 aliphatic heterocycles. The molecule has 0 fully saturated rings. The minimum atomic E-state index is -0.287. The molecule has 1 amide bonds. The number of hydrogen-bond donors (Lipinski definition) is 2. The first kappa shape index (κ1) is 22.1. The van der Waals surface area contributed by atoms with Crippen molar-refractivity contribution < 1.29 is 19.0 Å². The highest BCUT2D eigenvalue weighted by Crippen LogP contribution is 2.30. The van der Waals surface area contributed by atoms with Crippen molar-refractivity contribution in [3.63, 3.8) is 0 Å². The number of pyridine rings is 1. The lowest BCUT2D eigenvalue weighted by Crippen LogP contribution is -2.27. The van der Waals surface area contributed by atoms with Crippen molar-refractivity contribution in [2.45, 2.75) is 0 Å². The Balaban J connectivity index is 1.53. The number of carbonyl (C=O) groups excluding carboxylic acids is 1. The quantitative estimate of drug-likeness (QED) is 0.376. The van der Waals surface area contributed by atoms with Crippen LogP contribution >= 0.6 is 0 Å². The van der Waals surface area contributed by atoms with Crippen LogP contribution in [-0.2, 0) is 11.8 Å². The van der Waals surface area contributed by atoms with Gasteiger partial charge < -0.3 is 29.4 Å². The van der Waals surface area contributed by atoms with E-state index in [2.05, 4.69) is 15.6 Å². The Morgan fingerprint density at radius 2 is 1.88 bits per heavy atom. The van der Waals surface area contributed by atoms with Gasteiger partial charge in [-0.2, -0.15) is 0 Å². The Kier molecular flexibility index (Phi) is 6.70. The molecule has 0 aliphatic carbocycles. The van der Waals surface area contributed by atoms with Gasteiger partial charge in [-0.3, -0.25) is 9.78 Å². The van der Waals surface area contributed by atoms with Crippen LogP contribution in [0.5, 0.6) is 17.2 Å². The first-order chi connectivity index (χ1) is 16.1. The number of anilines is 2. The van der Waals surface area contributed by atoms with Crippen LogP contribution in [-0.4, -0.2) is 47.8 Å². The molecule has 0 aliphatic rings. The summed E-state index contributed by atoms with van der Waals surface area (Å²) >= 11 is 0. The lowest BCUT2D eigenvalue weighted by atomic mass is 10.3. The van der Waals surface area contributed by atoms with Gasteiger partial charge in [-0.05, 0) is 30.3 Å². The topological polar surface area (TPSA) is 99.5 Å². The summed E-state index contributed by atoms with van der Waals surface area (Å²) in [5.74, 6) is 2.22. The molecule has 0 radical (unpaired) electrons. The minimum absolute atomic E-state index is 0.269. The van der Waals surface area contributed by atoms with E-state index in [9.17, 15) is 4.79 Å². The van der Waals surface area contributed by atoms with Crippen LogP contribution in [0.25, 0.3) is 11.0 Å². The molecule has 2 heterocycles. The number of aromatic nitrogens is 3. The largest absolute Gasteiger partial charge is 0.495 e. The van der Waals surface area contributed by atoms with Crippen molar-refractivity contribution in [1.82, 2.24) is 19.9 Å². The van der Waals surface area contributed by atoms with Crippen molar-refractivity contribution in [2.75, 3.05) is 32.7 Å².